The van der Waals surface area contributed by atoms with Crippen LogP contribution in [0.15, 0.2) is 30.3 Å². The highest BCUT2D eigenvalue weighted by Gasteiger charge is 2.21. The fourth-order valence-electron chi connectivity index (χ4n) is 2.43. The van der Waals surface area contributed by atoms with Crippen molar-refractivity contribution in [2.45, 2.75) is 19.8 Å². The highest BCUT2D eigenvalue weighted by molar-refractivity contribution is 5.68. The molecule has 2 heterocycles. The minimum Gasteiger partial charge on any atom is -0.326 e. The Labute approximate surface area is 112 Å². The van der Waals surface area contributed by atoms with Gasteiger partial charge in [0, 0.05) is 24.7 Å². The second kappa shape index (κ2) is 4.85. The first-order valence-electron chi connectivity index (χ1n) is 6.52. The van der Waals surface area contributed by atoms with Gasteiger partial charge in [-0.15, -0.1) is 0 Å². The van der Waals surface area contributed by atoms with E-state index < -0.39 is 0 Å². The van der Waals surface area contributed by atoms with Crippen molar-refractivity contribution in [3.8, 4) is 0 Å². The van der Waals surface area contributed by atoms with Crippen molar-refractivity contribution in [3.05, 3.63) is 41.7 Å². The summed E-state index contributed by atoms with van der Waals surface area (Å²) in [5.74, 6) is 7.84. The Hall–Kier alpha value is -2.14. The Balaban J connectivity index is 2.04. The molecule has 5 nitrogen and oxygen atoms in total. The van der Waals surface area contributed by atoms with Crippen molar-refractivity contribution in [2.24, 2.45) is 5.84 Å². The number of hydrogen-bond donors (Lipinski definition) is 2. The first kappa shape index (κ1) is 11.9. The van der Waals surface area contributed by atoms with Crippen molar-refractivity contribution in [2.75, 3.05) is 16.9 Å². The number of rotatable bonds is 3. The number of nitrogens with one attached hydrogen (secondary N) is 1. The van der Waals surface area contributed by atoms with Gasteiger partial charge in [-0.1, -0.05) is 25.1 Å². The molecule has 2 aromatic rings. The monoisotopic (exact) mass is 255 g/mol. The predicted octanol–water partition coefficient (Wildman–Crippen LogP) is 2.02. The molecule has 1 aliphatic heterocycles. The van der Waals surface area contributed by atoms with E-state index in [1.165, 1.54) is 11.3 Å². The summed E-state index contributed by atoms with van der Waals surface area (Å²) in [5, 5.41) is 0. The molecule has 3 N–H and O–H groups in total. The molecule has 1 aromatic heterocycles. The number of aromatic nitrogens is 2. The highest BCUT2D eigenvalue weighted by atomic mass is 15.3. The molecule has 19 heavy (non-hydrogen) atoms. The third-order valence-corrected chi connectivity index (χ3v) is 3.39. The Morgan fingerprint density at radius 2 is 2.16 bits per heavy atom. The van der Waals surface area contributed by atoms with E-state index in [-0.39, 0.29) is 0 Å². The maximum absolute atomic E-state index is 5.48. The van der Waals surface area contributed by atoms with Crippen LogP contribution in [0.5, 0.6) is 0 Å². The van der Waals surface area contributed by atoms with Gasteiger partial charge in [-0.05, 0) is 18.1 Å². The lowest BCUT2D eigenvalue weighted by Crippen LogP contribution is -2.18. The van der Waals surface area contributed by atoms with E-state index in [4.69, 9.17) is 5.84 Å². The molecule has 1 aromatic carbocycles. The van der Waals surface area contributed by atoms with E-state index in [1.54, 1.807) is 0 Å². The normalized spacial score (nSPS) is 13.5. The van der Waals surface area contributed by atoms with Crippen LogP contribution < -0.4 is 16.2 Å². The number of hydrogen-bond acceptors (Lipinski definition) is 5. The Morgan fingerprint density at radius 3 is 2.95 bits per heavy atom. The third-order valence-electron chi connectivity index (χ3n) is 3.39. The Morgan fingerprint density at radius 1 is 1.32 bits per heavy atom. The van der Waals surface area contributed by atoms with Crippen molar-refractivity contribution in [1.82, 2.24) is 9.97 Å². The van der Waals surface area contributed by atoms with Gasteiger partial charge in [0.1, 0.15) is 17.5 Å². The number of benzene rings is 1. The average molecular weight is 255 g/mol. The molecule has 5 heteroatoms. The Kier molecular flexibility index (Phi) is 3.05. The van der Waals surface area contributed by atoms with Gasteiger partial charge < -0.3 is 10.3 Å². The van der Waals surface area contributed by atoms with E-state index in [0.29, 0.717) is 5.82 Å². The SMILES string of the molecule is CCc1nc(NN)cc(N2CCc3ccccc32)n1. The minimum absolute atomic E-state index is 0.659. The van der Waals surface area contributed by atoms with E-state index >= 15 is 0 Å². The van der Waals surface area contributed by atoms with E-state index in [1.807, 2.05) is 13.0 Å². The summed E-state index contributed by atoms with van der Waals surface area (Å²) < 4.78 is 0. The zero-order chi connectivity index (χ0) is 13.2. The first-order chi connectivity index (χ1) is 9.31. The van der Waals surface area contributed by atoms with Gasteiger partial charge in [0.25, 0.3) is 0 Å². The van der Waals surface area contributed by atoms with Gasteiger partial charge in [-0.25, -0.2) is 15.8 Å². The summed E-state index contributed by atoms with van der Waals surface area (Å²) in [6.07, 6.45) is 1.84. The minimum atomic E-state index is 0.659. The zero-order valence-corrected chi connectivity index (χ0v) is 10.9. The van der Waals surface area contributed by atoms with E-state index in [9.17, 15) is 0 Å². The van der Waals surface area contributed by atoms with Crippen LogP contribution in [0, 0.1) is 0 Å². The van der Waals surface area contributed by atoms with Crippen LogP contribution >= 0.6 is 0 Å². The van der Waals surface area contributed by atoms with Crippen molar-refractivity contribution in [1.29, 1.82) is 0 Å². The number of anilines is 3. The summed E-state index contributed by atoms with van der Waals surface area (Å²) in [6, 6.07) is 10.3. The highest BCUT2D eigenvalue weighted by Crippen LogP contribution is 2.33. The number of hydrazine groups is 1. The quantitative estimate of drug-likeness (QED) is 0.649. The van der Waals surface area contributed by atoms with Gasteiger partial charge in [0.15, 0.2) is 0 Å². The summed E-state index contributed by atoms with van der Waals surface area (Å²) >= 11 is 0. The summed E-state index contributed by atoms with van der Waals surface area (Å²) in [4.78, 5) is 11.1. The van der Waals surface area contributed by atoms with Crippen molar-refractivity contribution < 1.29 is 0 Å². The Bertz CT molecular complexity index is 574. The van der Waals surface area contributed by atoms with Crippen LogP contribution in [0.25, 0.3) is 0 Å². The van der Waals surface area contributed by atoms with Gasteiger partial charge in [0.05, 0.1) is 0 Å². The molecule has 0 saturated heterocycles. The van der Waals surface area contributed by atoms with Crippen LogP contribution in [0.3, 0.4) is 0 Å². The van der Waals surface area contributed by atoms with Crippen LogP contribution in [-0.2, 0) is 12.8 Å². The largest absolute Gasteiger partial charge is 0.326 e. The topological polar surface area (TPSA) is 67.1 Å². The average Bonchev–Trinajstić information content (AvgIpc) is 2.90. The number of para-hydroxylation sites is 1. The lowest BCUT2D eigenvalue weighted by Gasteiger charge is -2.19. The molecule has 0 spiro atoms. The van der Waals surface area contributed by atoms with Crippen LogP contribution in [0.4, 0.5) is 17.3 Å². The molecule has 0 radical (unpaired) electrons. The van der Waals surface area contributed by atoms with Crippen LogP contribution in [0.1, 0.15) is 18.3 Å². The van der Waals surface area contributed by atoms with Gasteiger partial charge in [-0.3, -0.25) is 0 Å². The molecule has 0 aliphatic carbocycles. The molecule has 0 fully saturated rings. The molecular formula is C14H17N5. The molecule has 0 atom stereocenters. The lowest BCUT2D eigenvalue weighted by molar-refractivity contribution is 0.902. The number of fused-ring (bicyclic) bond motifs is 1. The second-order valence-corrected chi connectivity index (χ2v) is 4.56. The summed E-state index contributed by atoms with van der Waals surface area (Å²) in [5.41, 5.74) is 5.20. The third kappa shape index (κ3) is 2.13. The second-order valence-electron chi connectivity index (χ2n) is 4.56. The van der Waals surface area contributed by atoms with Gasteiger partial charge in [0.2, 0.25) is 0 Å². The fraction of sp³-hybridized carbons (Fsp3) is 0.286. The number of nitrogens with zero attached hydrogens (tertiary/aromatic N) is 3. The molecule has 0 amide bonds. The van der Waals surface area contributed by atoms with Gasteiger partial charge >= 0.3 is 0 Å². The first-order valence-corrected chi connectivity index (χ1v) is 6.52. The maximum Gasteiger partial charge on any atom is 0.145 e. The van der Waals surface area contributed by atoms with E-state index in [2.05, 4.69) is 44.6 Å². The summed E-state index contributed by atoms with van der Waals surface area (Å²) in [6.45, 7) is 2.99. The number of nitrogens with two attached hydrogens (primary N) is 1. The standard InChI is InChI=1S/C14H17N5/c1-2-12-16-13(18-15)9-14(17-12)19-8-7-10-5-3-4-6-11(10)19/h3-6,9H,2,7-8,15H2,1H3,(H,16,17,18). The summed E-state index contributed by atoms with van der Waals surface area (Å²) in [7, 11) is 0. The van der Waals surface area contributed by atoms with Crippen molar-refractivity contribution in [3.63, 3.8) is 0 Å². The van der Waals surface area contributed by atoms with Crippen molar-refractivity contribution >= 4 is 17.3 Å². The molecular weight excluding hydrogens is 238 g/mol. The molecule has 98 valence electrons. The fourth-order valence-corrected chi connectivity index (χ4v) is 2.43. The number of aryl methyl sites for hydroxylation is 1. The lowest BCUT2D eigenvalue weighted by atomic mass is 10.2. The molecule has 3 rings (SSSR count). The molecule has 1 aliphatic rings. The van der Waals surface area contributed by atoms with Crippen LogP contribution in [-0.4, -0.2) is 16.5 Å². The predicted molar refractivity (Wildman–Crippen MR) is 76.4 cm³/mol. The maximum atomic E-state index is 5.48. The van der Waals surface area contributed by atoms with E-state index in [0.717, 1.165) is 31.0 Å². The molecule has 0 bridgehead atoms. The molecule has 0 unspecified atom stereocenters. The van der Waals surface area contributed by atoms with Crippen LogP contribution in [0.2, 0.25) is 0 Å². The smallest absolute Gasteiger partial charge is 0.145 e. The number of nitrogen functional groups attached to an aromatic ring is 1. The van der Waals surface area contributed by atoms with Gasteiger partial charge in [-0.2, -0.15) is 0 Å². The zero-order valence-electron chi connectivity index (χ0n) is 10.9. The molecule has 0 saturated carbocycles.